The van der Waals surface area contributed by atoms with E-state index in [0.29, 0.717) is 4.90 Å². The SMILES string of the molecule is CNC.Cc1ccc(S(=O)(=O)N(C)C)cc1.O=CO[O-].[Cs+].[Cs+].[H-]. The van der Waals surface area contributed by atoms with Gasteiger partial charge in [-0.2, -0.15) is 0 Å². The molecule has 22 heavy (non-hydrogen) atoms. The van der Waals surface area contributed by atoms with Gasteiger partial charge in [0.15, 0.2) is 0 Å². The number of aryl methyl sites for hydroxylation is 1. The second kappa shape index (κ2) is 19.9. The fourth-order valence-electron chi connectivity index (χ4n) is 0.921. The molecule has 0 aliphatic carbocycles. The van der Waals surface area contributed by atoms with Gasteiger partial charge in [-0.05, 0) is 33.2 Å². The zero-order chi connectivity index (χ0) is 16.2. The summed E-state index contributed by atoms with van der Waals surface area (Å²) in [6.07, 6.45) is 0. The largest absolute Gasteiger partial charge is 1.00 e. The van der Waals surface area contributed by atoms with Crippen LogP contribution in [0.5, 0.6) is 0 Å². The Balaban J connectivity index is -0.0000000935. The van der Waals surface area contributed by atoms with Gasteiger partial charge < -0.3 is 16.9 Å². The van der Waals surface area contributed by atoms with Crippen molar-refractivity contribution in [1.29, 1.82) is 0 Å². The molecule has 0 aliphatic heterocycles. The third kappa shape index (κ3) is 16.1. The first kappa shape index (κ1) is 32.3. The van der Waals surface area contributed by atoms with Crippen molar-refractivity contribution in [3.8, 4) is 0 Å². The van der Waals surface area contributed by atoms with Crippen LogP contribution in [-0.4, -0.2) is 47.4 Å². The zero-order valence-electron chi connectivity index (χ0n) is 15.3. The van der Waals surface area contributed by atoms with E-state index in [1.54, 1.807) is 24.3 Å². The summed E-state index contributed by atoms with van der Waals surface area (Å²) in [6, 6.07) is 6.81. The summed E-state index contributed by atoms with van der Waals surface area (Å²) >= 11 is 0. The Kier molecular flexibility index (Phi) is 29.3. The molecule has 0 atom stereocenters. The van der Waals surface area contributed by atoms with Gasteiger partial charge >= 0.3 is 138 Å². The molecule has 0 saturated heterocycles. The third-order valence-corrected chi connectivity index (χ3v) is 3.67. The molecule has 0 spiro atoms. The number of nitrogens with zero attached hydrogens (tertiary/aromatic N) is 1. The standard InChI is InChI=1S/C9H13NO2S.C2H7N.CH2O3.2Cs.H/c1-8-4-6-9(7-5-8)13(11,12)10(2)3;1-3-2;2-1-4-3;;;/h4-7H,1-3H3;3H,1-2H3;1,3H;;;/q;;;2*+1;-1/p-1. The topological polar surface area (TPSA) is 98.8 Å². The molecular formula is C12H22Cs2N2O5S. The fourth-order valence-corrected chi connectivity index (χ4v) is 1.82. The second-order valence-corrected chi connectivity index (χ2v) is 5.94. The Morgan fingerprint density at radius 2 is 1.50 bits per heavy atom. The monoisotopic (exact) mass is 572 g/mol. The smallest absolute Gasteiger partial charge is 1.00 e. The summed E-state index contributed by atoms with van der Waals surface area (Å²) in [5.74, 6) is 0. The van der Waals surface area contributed by atoms with E-state index in [2.05, 4.69) is 10.2 Å². The summed E-state index contributed by atoms with van der Waals surface area (Å²) in [6.45, 7) is 1.74. The Bertz CT molecular complexity index is 473. The van der Waals surface area contributed by atoms with Gasteiger partial charge in [0.25, 0.3) is 6.47 Å². The minimum absolute atomic E-state index is 0. The average Bonchev–Trinajstić information content (AvgIpc) is 2.40. The minimum Gasteiger partial charge on any atom is -1.00 e. The molecular weight excluding hydrogens is 550 g/mol. The van der Waals surface area contributed by atoms with Crippen LogP contribution >= 0.6 is 0 Å². The molecule has 118 valence electrons. The zero-order valence-corrected chi connectivity index (χ0v) is 27.7. The van der Waals surface area contributed by atoms with Crippen LogP contribution < -0.4 is 148 Å². The molecule has 1 aromatic carbocycles. The van der Waals surface area contributed by atoms with Gasteiger partial charge in [-0.1, -0.05) is 17.7 Å². The number of hydrogen-bond acceptors (Lipinski definition) is 6. The quantitative estimate of drug-likeness (QED) is 0.220. The van der Waals surface area contributed by atoms with Gasteiger partial charge in [0, 0.05) is 14.1 Å². The predicted octanol–water partition coefficient (Wildman–Crippen LogP) is -6.36. The van der Waals surface area contributed by atoms with Crippen molar-refractivity contribution in [3.05, 3.63) is 29.8 Å². The van der Waals surface area contributed by atoms with E-state index in [-0.39, 0.29) is 146 Å². The van der Waals surface area contributed by atoms with Crippen molar-refractivity contribution in [2.24, 2.45) is 0 Å². The number of nitrogens with one attached hydrogen (secondary N) is 1. The summed E-state index contributed by atoms with van der Waals surface area (Å²) in [4.78, 5) is 11.6. The molecule has 7 nitrogen and oxygen atoms in total. The van der Waals surface area contributed by atoms with E-state index in [4.69, 9.17) is 10.1 Å². The number of rotatable bonds is 3. The molecule has 10 heteroatoms. The van der Waals surface area contributed by atoms with Gasteiger partial charge in [0.05, 0.1) is 4.90 Å². The first-order valence-electron chi connectivity index (χ1n) is 5.57. The van der Waals surface area contributed by atoms with Crippen molar-refractivity contribution in [3.63, 3.8) is 0 Å². The van der Waals surface area contributed by atoms with Crippen molar-refractivity contribution < 1.29 is 163 Å². The summed E-state index contributed by atoms with van der Waals surface area (Å²) in [5.41, 5.74) is 1.05. The molecule has 0 bridgehead atoms. The Morgan fingerprint density at radius 3 is 1.73 bits per heavy atom. The van der Waals surface area contributed by atoms with Crippen LogP contribution in [0.15, 0.2) is 29.2 Å². The molecule has 0 fully saturated rings. The van der Waals surface area contributed by atoms with Gasteiger partial charge in [-0.25, -0.2) is 12.7 Å². The number of carbonyl (C=O) groups excluding carboxylic acids is 1. The summed E-state index contributed by atoms with van der Waals surface area (Å²) < 4.78 is 24.3. The second-order valence-electron chi connectivity index (χ2n) is 3.79. The van der Waals surface area contributed by atoms with E-state index in [0.717, 1.165) is 5.56 Å². The molecule has 1 rings (SSSR count). The Labute approximate surface area is 252 Å². The number of sulfonamides is 1. The predicted molar refractivity (Wildman–Crippen MR) is 75.3 cm³/mol. The Hall–Kier alpha value is 2.62. The maximum atomic E-state index is 11.6. The van der Waals surface area contributed by atoms with Crippen molar-refractivity contribution in [2.45, 2.75) is 11.8 Å². The van der Waals surface area contributed by atoms with E-state index in [9.17, 15) is 8.42 Å². The fraction of sp³-hybridized carbons (Fsp3) is 0.417. The summed E-state index contributed by atoms with van der Waals surface area (Å²) in [7, 11) is 3.54. The first-order valence-corrected chi connectivity index (χ1v) is 7.01. The van der Waals surface area contributed by atoms with Crippen LogP contribution in [0.3, 0.4) is 0 Å². The van der Waals surface area contributed by atoms with E-state index in [1.165, 1.54) is 18.4 Å². The van der Waals surface area contributed by atoms with Crippen molar-refractivity contribution >= 4 is 16.5 Å². The van der Waals surface area contributed by atoms with Gasteiger partial charge in [0.2, 0.25) is 10.0 Å². The molecule has 1 N–H and O–H groups in total. The molecule has 0 aromatic heterocycles. The van der Waals surface area contributed by atoms with Crippen LogP contribution in [0, 0.1) is 6.92 Å². The van der Waals surface area contributed by atoms with Crippen LogP contribution in [0.4, 0.5) is 0 Å². The number of hydrogen-bond donors (Lipinski definition) is 1. The van der Waals surface area contributed by atoms with Crippen LogP contribution in [-0.2, 0) is 19.7 Å². The maximum absolute atomic E-state index is 11.6. The molecule has 0 heterocycles. The molecule has 0 saturated carbocycles. The molecule has 1 aromatic rings. The van der Waals surface area contributed by atoms with E-state index in [1.807, 2.05) is 21.0 Å². The van der Waals surface area contributed by atoms with Gasteiger partial charge in [-0.3, -0.25) is 4.79 Å². The molecule has 0 unspecified atom stereocenters. The molecule has 0 radical (unpaired) electrons. The average molecular weight is 572 g/mol. The van der Waals surface area contributed by atoms with Crippen molar-refractivity contribution in [1.82, 2.24) is 9.62 Å². The molecule has 0 amide bonds. The minimum atomic E-state index is -3.26. The van der Waals surface area contributed by atoms with Crippen LogP contribution in [0.25, 0.3) is 0 Å². The van der Waals surface area contributed by atoms with Gasteiger partial charge in [0.1, 0.15) is 0 Å². The van der Waals surface area contributed by atoms with Crippen LogP contribution in [0.2, 0.25) is 0 Å². The number of carbonyl (C=O) groups is 1. The summed E-state index contributed by atoms with van der Waals surface area (Å²) in [5, 5.41) is 11.2. The van der Waals surface area contributed by atoms with Crippen LogP contribution in [0.1, 0.15) is 6.99 Å². The maximum Gasteiger partial charge on any atom is 1.00 e. The normalized spacial score (nSPS) is 8.86. The Morgan fingerprint density at radius 1 is 1.18 bits per heavy atom. The van der Waals surface area contributed by atoms with Gasteiger partial charge in [-0.15, -0.1) is 0 Å². The molecule has 0 aliphatic rings. The third-order valence-electron chi connectivity index (χ3n) is 1.84. The van der Waals surface area contributed by atoms with Crippen molar-refractivity contribution in [2.75, 3.05) is 28.2 Å². The van der Waals surface area contributed by atoms with E-state index >= 15 is 0 Å². The first-order chi connectivity index (χ1) is 9.27. The van der Waals surface area contributed by atoms with E-state index < -0.39 is 10.0 Å². The number of benzene rings is 1.